The third-order valence-electron chi connectivity index (χ3n) is 5.19. The van der Waals surface area contributed by atoms with Gasteiger partial charge in [0.1, 0.15) is 12.0 Å². The number of fused-ring (bicyclic) bond motifs is 2. The lowest BCUT2D eigenvalue weighted by Crippen LogP contribution is -3.20. The molecule has 6 nitrogen and oxygen atoms in total. The molecule has 2 aromatic carbocycles. The van der Waals surface area contributed by atoms with Crippen LogP contribution in [0.4, 0.5) is 23.2 Å². The zero-order valence-electron chi connectivity index (χ0n) is 16.0. The minimum atomic E-state index is -4.58. The second-order valence-electron chi connectivity index (χ2n) is 7.28. The van der Waals surface area contributed by atoms with E-state index in [1.807, 2.05) is 0 Å². The standard InChI is InChI=1S/C20H13ClF4N4O2S/c21-12-5-10(6-13-17(12)31-8-15(30)27-13)18-16(9-1-3-11(22)4-2-9)28-29-14(20(23,24)25)7-26-19(29)32-18/h1-7,16,18,28H,8H2,(H,27,30)/p+1. The van der Waals surface area contributed by atoms with Crippen molar-refractivity contribution in [2.45, 2.75) is 17.5 Å². The van der Waals surface area contributed by atoms with E-state index in [0.717, 1.165) is 18.0 Å². The highest BCUT2D eigenvalue weighted by Gasteiger charge is 2.52. The van der Waals surface area contributed by atoms with Crippen molar-refractivity contribution < 1.29 is 32.1 Å². The summed E-state index contributed by atoms with van der Waals surface area (Å²) in [6.45, 7) is -0.162. The maximum absolute atomic E-state index is 13.5. The predicted octanol–water partition coefficient (Wildman–Crippen LogP) is 3.50. The van der Waals surface area contributed by atoms with Crippen LogP contribution in [0.2, 0.25) is 5.02 Å². The number of alkyl halides is 3. The number of amides is 1. The number of nitrogens with one attached hydrogen (secondary N) is 3. The summed E-state index contributed by atoms with van der Waals surface area (Å²) in [5.74, 6) is -0.476. The number of carbonyl (C=O) groups excluding carboxylic acids is 1. The van der Waals surface area contributed by atoms with Crippen LogP contribution in [-0.4, -0.2) is 23.9 Å². The SMILES string of the molecule is O=C1COc2c(Cl)cc(C3SC4=NC=C(C(F)(F)F)[NH+]4NC3c3ccc(F)cc3)cc2N1. The van der Waals surface area contributed by atoms with Crippen LogP contribution in [0.25, 0.3) is 0 Å². The van der Waals surface area contributed by atoms with E-state index in [1.165, 1.54) is 24.3 Å². The third-order valence-corrected chi connectivity index (χ3v) is 6.80. The largest absolute Gasteiger partial charge is 0.480 e. The molecule has 3 atom stereocenters. The van der Waals surface area contributed by atoms with Crippen molar-refractivity contribution in [2.75, 3.05) is 11.9 Å². The fraction of sp³-hybridized carbons (Fsp3) is 0.200. The lowest BCUT2D eigenvalue weighted by molar-refractivity contribution is -0.825. The van der Waals surface area contributed by atoms with Crippen molar-refractivity contribution in [3.63, 3.8) is 0 Å². The number of carbonyl (C=O) groups is 1. The molecule has 3 heterocycles. The predicted molar refractivity (Wildman–Crippen MR) is 111 cm³/mol. The molecule has 2 aromatic rings. The summed E-state index contributed by atoms with van der Waals surface area (Å²) < 4.78 is 59.3. The van der Waals surface area contributed by atoms with E-state index in [-0.39, 0.29) is 27.7 Å². The van der Waals surface area contributed by atoms with E-state index in [1.54, 1.807) is 12.1 Å². The van der Waals surface area contributed by atoms with E-state index in [9.17, 15) is 22.4 Å². The first-order chi connectivity index (χ1) is 15.2. The normalized spacial score (nSPS) is 24.7. The Morgan fingerprint density at radius 2 is 1.94 bits per heavy atom. The number of hydrogen-bond donors (Lipinski definition) is 3. The number of rotatable bonds is 2. The topological polar surface area (TPSA) is 67.2 Å². The molecule has 3 N–H and O–H groups in total. The summed E-state index contributed by atoms with van der Waals surface area (Å²) >= 11 is 7.51. The molecule has 0 spiro atoms. The Morgan fingerprint density at radius 1 is 1.19 bits per heavy atom. The van der Waals surface area contributed by atoms with Gasteiger partial charge in [0.2, 0.25) is 0 Å². The maximum Gasteiger partial charge on any atom is 0.471 e. The lowest BCUT2D eigenvalue weighted by atomic mass is 9.97. The number of anilines is 1. The number of nitrogens with zero attached hydrogens (tertiary/aromatic N) is 1. The van der Waals surface area contributed by atoms with Crippen molar-refractivity contribution >= 4 is 40.1 Å². The van der Waals surface area contributed by atoms with E-state index >= 15 is 0 Å². The molecular weight excluding hydrogens is 472 g/mol. The molecule has 5 rings (SSSR count). The number of thioether (sulfide) groups is 1. The molecule has 1 amide bonds. The second kappa shape index (κ2) is 7.77. The summed E-state index contributed by atoms with van der Waals surface area (Å²) in [6, 6.07) is 8.18. The molecule has 1 fully saturated rings. The van der Waals surface area contributed by atoms with Crippen LogP contribution < -0.4 is 20.5 Å². The minimum absolute atomic E-state index is 0.117. The van der Waals surface area contributed by atoms with Gasteiger partial charge >= 0.3 is 6.18 Å². The monoisotopic (exact) mass is 485 g/mol. The van der Waals surface area contributed by atoms with Crippen molar-refractivity contribution in [3.8, 4) is 5.75 Å². The molecule has 0 saturated carbocycles. The average molecular weight is 486 g/mol. The fourth-order valence-corrected chi connectivity index (χ4v) is 5.32. The molecule has 166 valence electrons. The molecule has 1 saturated heterocycles. The molecule has 0 radical (unpaired) electrons. The Balaban J connectivity index is 1.56. The van der Waals surface area contributed by atoms with Gasteiger partial charge in [0.05, 0.1) is 22.0 Å². The molecular formula is C20H14ClF4N4O2S+. The maximum atomic E-state index is 13.5. The van der Waals surface area contributed by atoms with Gasteiger partial charge in [-0.25, -0.2) is 4.39 Å². The number of hydrogen-bond acceptors (Lipinski definition) is 5. The number of allylic oxidation sites excluding steroid dienone is 1. The van der Waals surface area contributed by atoms with Crippen LogP contribution in [0, 0.1) is 5.82 Å². The Hall–Kier alpha value is -2.60. The lowest BCUT2D eigenvalue weighted by Gasteiger charge is -2.36. The van der Waals surface area contributed by atoms with E-state index in [4.69, 9.17) is 16.3 Å². The molecule has 32 heavy (non-hydrogen) atoms. The summed E-state index contributed by atoms with van der Waals surface area (Å²) in [5, 5.41) is 2.54. The van der Waals surface area contributed by atoms with Gasteiger partial charge in [-0.2, -0.15) is 23.2 Å². The van der Waals surface area contributed by atoms with Gasteiger partial charge in [0, 0.05) is 0 Å². The van der Waals surface area contributed by atoms with Gasteiger partial charge in [-0.3, -0.25) is 4.79 Å². The van der Waals surface area contributed by atoms with Crippen molar-refractivity contribution in [2.24, 2.45) is 4.99 Å². The first-order valence-electron chi connectivity index (χ1n) is 9.38. The molecule has 0 bridgehead atoms. The van der Waals surface area contributed by atoms with Crippen LogP contribution in [-0.2, 0) is 4.79 Å². The molecule has 12 heteroatoms. The van der Waals surface area contributed by atoms with Gasteiger partial charge in [0.15, 0.2) is 12.4 Å². The van der Waals surface area contributed by atoms with Crippen LogP contribution >= 0.6 is 23.4 Å². The summed E-state index contributed by atoms with van der Waals surface area (Å²) in [6.07, 6.45) is -3.78. The van der Waals surface area contributed by atoms with Crippen LogP contribution in [0.15, 0.2) is 53.3 Å². The first kappa shape index (κ1) is 21.3. The highest BCUT2D eigenvalue weighted by Crippen LogP contribution is 2.47. The van der Waals surface area contributed by atoms with Gasteiger partial charge in [0.25, 0.3) is 16.8 Å². The van der Waals surface area contributed by atoms with Gasteiger partial charge in [-0.15, -0.1) is 5.43 Å². The summed E-state index contributed by atoms with van der Waals surface area (Å²) in [4.78, 5) is 15.7. The van der Waals surface area contributed by atoms with Crippen LogP contribution in [0.5, 0.6) is 5.75 Å². The van der Waals surface area contributed by atoms with Crippen molar-refractivity contribution in [1.82, 2.24) is 5.43 Å². The molecule has 0 aromatic heterocycles. The smallest absolute Gasteiger partial charge is 0.471 e. The van der Waals surface area contributed by atoms with Gasteiger partial charge in [-0.05, 0) is 47.2 Å². The Labute approximate surface area is 188 Å². The fourth-order valence-electron chi connectivity index (χ4n) is 3.76. The summed E-state index contributed by atoms with van der Waals surface area (Å²) in [7, 11) is 0. The zero-order valence-corrected chi connectivity index (χ0v) is 17.5. The van der Waals surface area contributed by atoms with E-state index in [2.05, 4.69) is 15.7 Å². The van der Waals surface area contributed by atoms with E-state index in [0.29, 0.717) is 22.6 Å². The number of amidine groups is 1. The Kier molecular flexibility index (Phi) is 5.16. The quantitative estimate of drug-likeness (QED) is 0.570. The van der Waals surface area contributed by atoms with Crippen LogP contribution in [0.3, 0.4) is 0 Å². The molecule has 3 aliphatic rings. The number of halogens is 5. The zero-order chi connectivity index (χ0) is 22.6. The summed E-state index contributed by atoms with van der Waals surface area (Å²) in [5.41, 5.74) is 3.68. The molecule has 3 aliphatic heterocycles. The Bertz CT molecular complexity index is 1170. The molecule has 0 aliphatic carbocycles. The van der Waals surface area contributed by atoms with Crippen LogP contribution in [0.1, 0.15) is 22.4 Å². The Morgan fingerprint density at radius 3 is 2.66 bits per heavy atom. The number of quaternary nitrogens is 1. The average Bonchev–Trinajstić information content (AvgIpc) is 3.16. The second-order valence-corrected chi connectivity index (χ2v) is 8.82. The number of ether oxygens (including phenoxy) is 1. The van der Waals surface area contributed by atoms with E-state index < -0.39 is 29.0 Å². The number of aliphatic imine (C=N–C) groups is 1. The third kappa shape index (κ3) is 3.75. The van der Waals surface area contributed by atoms with Crippen molar-refractivity contribution in [1.29, 1.82) is 0 Å². The number of benzene rings is 2. The van der Waals surface area contributed by atoms with Gasteiger partial charge in [-0.1, -0.05) is 23.7 Å². The first-order valence-corrected chi connectivity index (χ1v) is 10.6. The highest BCUT2D eigenvalue weighted by atomic mass is 35.5. The van der Waals surface area contributed by atoms with Crippen molar-refractivity contribution in [3.05, 3.63) is 70.3 Å². The van der Waals surface area contributed by atoms with Gasteiger partial charge < -0.3 is 10.1 Å². The molecule has 3 unspecified atom stereocenters. The highest BCUT2D eigenvalue weighted by molar-refractivity contribution is 8.13. The minimum Gasteiger partial charge on any atom is -0.480 e.